The summed E-state index contributed by atoms with van der Waals surface area (Å²) in [5.74, 6) is 1.41. The van der Waals surface area contributed by atoms with Gasteiger partial charge in [0.25, 0.3) is 0 Å². The molecule has 0 saturated heterocycles. The number of aromatic nitrogens is 1. The summed E-state index contributed by atoms with van der Waals surface area (Å²) in [7, 11) is 0. The molecule has 1 aliphatic carbocycles. The third kappa shape index (κ3) is 3.52. The minimum Gasteiger partial charge on any atom is -0.392 e. The summed E-state index contributed by atoms with van der Waals surface area (Å²) in [4.78, 5) is 4.44. The molecule has 0 spiro atoms. The van der Waals surface area contributed by atoms with Crippen molar-refractivity contribution in [3.8, 4) is 0 Å². The molecule has 1 saturated carbocycles. The van der Waals surface area contributed by atoms with E-state index in [1.807, 2.05) is 6.92 Å². The predicted octanol–water partition coefficient (Wildman–Crippen LogP) is 3.57. The van der Waals surface area contributed by atoms with Gasteiger partial charge in [0.05, 0.1) is 11.1 Å². The molecule has 96 valence electrons. The molecule has 1 aliphatic rings. The van der Waals surface area contributed by atoms with Crippen molar-refractivity contribution in [1.29, 1.82) is 0 Å². The van der Waals surface area contributed by atoms with Gasteiger partial charge in [0, 0.05) is 17.5 Å². The zero-order chi connectivity index (χ0) is 12.3. The first-order valence-electron chi connectivity index (χ1n) is 6.78. The van der Waals surface area contributed by atoms with Crippen LogP contribution in [0.25, 0.3) is 0 Å². The topological polar surface area (TPSA) is 33.1 Å². The van der Waals surface area contributed by atoms with E-state index in [2.05, 4.69) is 17.3 Å². The van der Waals surface area contributed by atoms with Gasteiger partial charge in [-0.1, -0.05) is 26.2 Å². The maximum Gasteiger partial charge on any atom is 0.0954 e. The largest absolute Gasteiger partial charge is 0.392 e. The summed E-state index contributed by atoms with van der Waals surface area (Å²) >= 11 is 1.68. The summed E-state index contributed by atoms with van der Waals surface area (Å²) in [5.41, 5.74) is 1.08. The summed E-state index contributed by atoms with van der Waals surface area (Å²) in [6.07, 6.45) is 6.87. The number of aliphatic hydroxyl groups excluding tert-OH is 1. The zero-order valence-corrected chi connectivity index (χ0v) is 11.7. The highest BCUT2D eigenvalue weighted by molar-refractivity contribution is 7.09. The maximum atomic E-state index is 10.3. The Kier molecular flexibility index (Phi) is 4.57. The Bertz CT molecular complexity index is 342. The predicted molar refractivity (Wildman–Crippen MR) is 72.3 cm³/mol. The zero-order valence-electron chi connectivity index (χ0n) is 10.9. The van der Waals surface area contributed by atoms with Crippen LogP contribution in [-0.4, -0.2) is 16.2 Å². The fourth-order valence-electron chi connectivity index (χ4n) is 2.82. The van der Waals surface area contributed by atoms with E-state index >= 15 is 0 Å². The van der Waals surface area contributed by atoms with E-state index in [0.29, 0.717) is 5.92 Å². The average molecular weight is 253 g/mol. The van der Waals surface area contributed by atoms with Gasteiger partial charge < -0.3 is 5.11 Å². The van der Waals surface area contributed by atoms with E-state index < -0.39 is 0 Å². The lowest BCUT2D eigenvalue weighted by Gasteiger charge is -2.30. The van der Waals surface area contributed by atoms with Gasteiger partial charge in [-0.3, -0.25) is 0 Å². The van der Waals surface area contributed by atoms with Gasteiger partial charge in [-0.15, -0.1) is 11.3 Å². The molecule has 1 aromatic heterocycles. The van der Waals surface area contributed by atoms with Crippen LogP contribution in [0.3, 0.4) is 0 Å². The second kappa shape index (κ2) is 5.96. The molecule has 1 heterocycles. The van der Waals surface area contributed by atoms with Crippen LogP contribution in [0.2, 0.25) is 0 Å². The fourth-order valence-corrected chi connectivity index (χ4v) is 3.65. The Labute approximate surface area is 108 Å². The van der Waals surface area contributed by atoms with Crippen LogP contribution in [0.1, 0.15) is 49.7 Å². The molecule has 0 aliphatic heterocycles. The summed E-state index contributed by atoms with van der Waals surface area (Å²) in [6.45, 7) is 4.29. The number of hydrogen-bond donors (Lipinski definition) is 1. The molecule has 0 bridgehead atoms. The third-order valence-corrected chi connectivity index (χ3v) is 5.05. The van der Waals surface area contributed by atoms with E-state index in [1.165, 1.54) is 32.1 Å². The number of rotatable bonds is 4. The molecule has 2 nitrogen and oxygen atoms in total. The van der Waals surface area contributed by atoms with E-state index in [1.54, 1.807) is 11.3 Å². The van der Waals surface area contributed by atoms with Crippen molar-refractivity contribution in [1.82, 2.24) is 4.98 Å². The molecule has 0 radical (unpaired) electrons. The summed E-state index contributed by atoms with van der Waals surface area (Å²) in [5, 5.41) is 13.4. The van der Waals surface area contributed by atoms with E-state index in [-0.39, 0.29) is 6.10 Å². The standard InChI is InChI=1S/C14H23NOS/c1-3-11-4-6-12(7-5-11)13(16)8-14-15-10(2)9-17-14/h9,11-13,16H,3-8H2,1-2H3. The monoisotopic (exact) mass is 253 g/mol. The van der Waals surface area contributed by atoms with Crippen LogP contribution in [0.5, 0.6) is 0 Å². The Morgan fingerprint density at radius 1 is 1.41 bits per heavy atom. The molecule has 1 atom stereocenters. The Morgan fingerprint density at radius 3 is 2.65 bits per heavy atom. The highest BCUT2D eigenvalue weighted by Crippen LogP contribution is 2.33. The van der Waals surface area contributed by atoms with Crippen LogP contribution < -0.4 is 0 Å². The lowest BCUT2D eigenvalue weighted by Crippen LogP contribution is -2.27. The lowest BCUT2D eigenvalue weighted by atomic mass is 9.78. The Balaban J connectivity index is 1.82. The van der Waals surface area contributed by atoms with Crippen molar-refractivity contribution in [2.24, 2.45) is 11.8 Å². The number of aliphatic hydroxyl groups is 1. The first kappa shape index (κ1) is 13.0. The lowest BCUT2D eigenvalue weighted by molar-refractivity contribution is 0.0734. The number of thiazole rings is 1. The maximum absolute atomic E-state index is 10.3. The SMILES string of the molecule is CCC1CCC(C(O)Cc2nc(C)cs2)CC1. The first-order valence-corrected chi connectivity index (χ1v) is 7.66. The summed E-state index contributed by atoms with van der Waals surface area (Å²) < 4.78 is 0. The normalized spacial score (nSPS) is 27.0. The summed E-state index contributed by atoms with van der Waals surface area (Å²) in [6, 6.07) is 0. The number of nitrogens with zero attached hydrogens (tertiary/aromatic N) is 1. The van der Waals surface area contributed by atoms with Gasteiger partial charge in [-0.05, 0) is 31.6 Å². The van der Waals surface area contributed by atoms with Crippen molar-refractivity contribution >= 4 is 11.3 Å². The molecule has 1 aromatic rings. The van der Waals surface area contributed by atoms with Gasteiger partial charge in [0.2, 0.25) is 0 Å². The molecule has 0 amide bonds. The average Bonchev–Trinajstić information content (AvgIpc) is 2.75. The Morgan fingerprint density at radius 2 is 2.12 bits per heavy atom. The minimum absolute atomic E-state index is 0.182. The molecule has 1 fully saturated rings. The molecule has 1 N–H and O–H groups in total. The highest BCUT2D eigenvalue weighted by atomic mass is 32.1. The second-order valence-electron chi connectivity index (χ2n) is 5.34. The molecule has 0 aromatic carbocycles. The van der Waals surface area contributed by atoms with E-state index in [9.17, 15) is 5.11 Å². The molecular formula is C14H23NOS. The molecule has 17 heavy (non-hydrogen) atoms. The van der Waals surface area contributed by atoms with Crippen molar-refractivity contribution in [2.75, 3.05) is 0 Å². The smallest absolute Gasteiger partial charge is 0.0954 e. The van der Waals surface area contributed by atoms with Crippen LogP contribution >= 0.6 is 11.3 Å². The molecule has 3 heteroatoms. The van der Waals surface area contributed by atoms with Crippen molar-refractivity contribution in [3.63, 3.8) is 0 Å². The molecular weight excluding hydrogens is 230 g/mol. The number of aryl methyl sites for hydroxylation is 1. The fraction of sp³-hybridized carbons (Fsp3) is 0.786. The van der Waals surface area contributed by atoms with Gasteiger partial charge in [0.15, 0.2) is 0 Å². The quantitative estimate of drug-likeness (QED) is 0.890. The Hall–Kier alpha value is -0.410. The van der Waals surface area contributed by atoms with Crippen LogP contribution in [0, 0.1) is 18.8 Å². The van der Waals surface area contributed by atoms with Gasteiger partial charge >= 0.3 is 0 Å². The van der Waals surface area contributed by atoms with Crippen molar-refractivity contribution in [2.45, 2.75) is 58.5 Å². The highest BCUT2D eigenvalue weighted by Gasteiger charge is 2.26. The minimum atomic E-state index is -0.182. The van der Waals surface area contributed by atoms with Crippen LogP contribution in [-0.2, 0) is 6.42 Å². The van der Waals surface area contributed by atoms with Crippen LogP contribution in [0.15, 0.2) is 5.38 Å². The van der Waals surface area contributed by atoms with Crippen molar-refractivity contribution < 1.29 is 5.11 Å². The van der Waals surface area contributed by atoms with Crippen molar-refractivity contribution in [3.05, 3.63) is 16.1 Å². The van der Waals surface area contributed by atoms with Gasteiger partial charge in [0.1, 0.15) is 0 Å². The first-order chi connectivity index (χ1) is 8.19. The second-order valence-corrected chi connectivity index (χ2v) is 6.29. The van der Waals surface area contributed by atoms with Gasteiger partial charge in [-0.2, -0.15) is 0 Å². The molecule has 1 unspecified atom stereocenters. The molecule has 2 rings (SSSR count). The number of hydrogen-bond acceptors (Lipinski definition) is 3. The van der Waals surface area contributed by atoms with Gasteiger partial charge in [-0.25, -0.2) is 4.98 Å². The third-order valence-electron chi connectivity index (χ3n) is 4.06. The van der Waals surface area contributed by atoms with Crippen LogP contribution in [0.4, 0.5) is 0 Å². The van der Waals surface area contributed by atoms with E-state index in [0.717, 1.165) is 23.0 Å². The van der Waals surface area contributed by atoms with E-state index in [4.69, 9.17) is 0 Å².